The van der Waals surface area contributed by atoms with Crippen LogP contribution in [0.3, 0.4) is 0 Å². The van der Waals surface area contributed by atoms with Gasteiger partial charge in [0, 0.05) is 19.5 Å². The van der Waals surface area contributed by atoms with Crippen molar-refractivity contribution in [2.45, 2.75) is 45.6 Å². The number of hydrogen-bond acceptors (Lipinski definition) is 3. The normalized spacial score (nSPS) is 16.3. The largest absolute Gasteiger partial charge is 0.305 e. The highest BCUT2D eigenvalue weighted by Gasteiger charge is 2.20. The Bertz CT molecular complexity index is 529. The van der Waals surface area contributed by atoms with E-state index in [9.17, 15) is 0 Å². The maximum Gasteiger partial charge on any atom is 0.0765 e. The summed E-state index contributed by atoms with van der Waals surface area (Å²) in [5.41, 5.74) is 1.61. The summed E-state index contributed by atoms with van der Waals surface area (Å²) in [6.45, 7) is 5.40. The second-order valence-corrected chi connectivity index (χ2v) is 7.73. The molecule has 0 aliphatic heterocycles. The first-order valence-electron chi connectivity index (χ1n) is 7.19. The Morgan fingerprint density at radius 2 is 2.00 bits per heavy atom. The summed E-state index contributed by atoms with van der Waals surface area (Å²) in [6, 6.07) is 7.38. The Hall–Kier alpha value is -0.640. The lowest BCUT2D eigenvalue weighted by molar-refractivity contribution is 0.647. The quantitative estimate of drug-likeness (QED) is 0.861. The van der Waals surface area contributed by atoms with Crippen LogP contribution in [0.5, 0.6) is 0 Å². The molecule has 3 heteroatoms. The molecule has 1 atom stereocenters. The van der Waals surface area contributed by atoms with Crippen LogP contribution in [0.15, 0.2) is 18.2 Å². The molecule has 1 aliphatic rings. The molecule has 0 saturated carbocycles. The summed E-state index contributed by atoms with van der Waals surface area (Å²) < 4.78 is 0. The monoisotopic (exact) mass is 291 g/mol. The third-order valence-corrected chi connectivity index (χ3v) is 6.12. The third kappa shape index (κ3) is 2.78. The first-order chi connectivity index (χ1) is 9.28. The van der Waals surface area contributed by atoms with Gasteiger partial charge in [-0.15, -0.1) is 22.7 Å². The minimum absolute atomic E-state index is 0.402. The van der Waals surface area contributed by atoms with Crippen LogP contribution >= 0.6 is 22.7 Å². The molecule has 0 amide bonds. The molecular formula is C16H21NS2. The second kappa shape index (κ2) is 5.78. The van der Waals surface area contributed by atoms with Crippen molar-refractivity contribution >= 4 is 22.7 Å². The van der Waals surface area contributed by atoms with Gasteiger partial charge in [-0.05, 0) is 62.9 Å². The van der Waals surface area contributed by atoms with Crippen molar-refractivity contribution in [3.05, 3.63) is 43.3 Å². The molecule has 0 spiro atoms. The van der Waals surface area contributed by atoms with E-state index in [-0.39, 0.29) is 0 Å². The predicted octanol–water partition coefficient (Wildman–Crippen LogP) is 4.70. The fraction of sp³-hybridized carbons (Fsp3) is 0.500. The summed E-state index contributed by atoms with van der Waals surface area (Å²) in [6.07, 6.45) is 5.32. The highest BCUT2D eigenvalue weighted by Crippen LogP contribution is 2.37. The molecule has 2 aromatic rings. The lowest BCUT2D eigenvalue weighted by Crippen LogP contribution is -2.20. The Balaban J connectivity index is 1.93. The maximum absolute atomic E-state index is 3.66. The molecule has 1 N–H and O–H groups in total. The lowest BCUT2D eigenvalue weighted by Gasteiger charge is -2.14. The van der Waals surface area contributed by atoms with Gasteiger partial charge in [-0.1, -0.05) is 6.92 Å². The van der Waals surface area contributed by atoms with Gasteiger partial charge in [0.2, 0.25) is 0 Å². The van der Waals surface area contributed by atoms with E-state index < -0.39 is 0 Å². The molecular weight excluding hydrogens is 270 g/mol. The number of nitrogens with one attached hydrogen (secondary N) is 1. The zero-order chi connectivity index (χ0) is 13.2. The van der Waals surface area contributed by atoms with Crippen LogP contribution in [-0.4, -0.2) is 6.54 Å². The summed E-state index contributed by atoms with van der Waals surface area (Å²) in [4.78, 5) is 6.00. The fourth-order valence-corrected chi connectivity index (χ4v) is 5.21. The van der Waals surface area contributed by atoms with E-state index in [2.05, 4.69) is 37.4 Å². The molecule has 1 unspecified atom stereocenters. The Labute approximate surface area is 123 Å². The van der Waals surface area contributed by atoms with E-state index in [0.717, 1.165) is 6.54 Å². The number of thiophene rings is 2. The molecule has 0 bridgehead atoms. The van der Waals surface area contributed by atoms with E-state index in [1.54, 1.807) is 10.4 Å². The number of aryl methyl sites for hydroxylation is 3. The van der Waals surface area contributed by atoms with Crippen molar-refractivity contribution in [3.8, 4) is 0 Å². The number of rotatable bonds is 4. The van der Waals surface area contributed by atoms with Gasteiger partial charge in [0.05, 0.1) is 6.04 Å². The number of hydrogen-bond donors (Lipinski definition) is 1. The highest BCUT2D eigenvalue weighted by atomic mass is 32.1. The zero-order valence-electron chi connectivity index (χ0n) is 11.7. The lowest BCUT2D eigenvalue weighted by atomic mass is 9.98. The molecule has 2 aromatic heterocycles. The van der Waals surface area contributed by atoms with Gasteiger partial charge in [0.1, 0.15) is 0 Å². The molecule has 0 aromatic carbocycles. The summed E-state index contributed by atoms with van der Waals surface area (Å²) in [5, 5.41) is 3.66. The van der Waals surface area contributed by atoms with E-state index >= 15 is 0 Å². The Morgan fingerprint density at radius 1 is 1.16 bits per heavy atom. The molecule has 1 nitrogen and oxygen atoms in total. The minimum Gasteiger partial charge on any atom is -0.305 e. The van der Waals surface area contributed by atoms with Crippen LogP contribution in [0, 0.1) is 6.92 Å². The van der Waals surface area contributed by atoms with Crippen molar-refractivity contribution in [3.63, 3.8) is 0 Å². The van der Waals surface area contributed by atoms with Gasteiger partial charge >= 0.3 is 0 Å². The summed E-state index contributed by atoms with van der Waals surface area (Å²) in [5.74, 6) is 0. The molecule has 0 saturated heterocycles. The van der Waals surface area contributed by atoms with Crippen molar-refractivity contribution < 1.29 is 0 Å². The molecule has 1 aliphatic carbocycles. The molecule has 102 valence electrons. The van der Waals surface area contributed by atoms with Crippen LogP contribution in [0.25, 0.3) is 0 Å². The summed E-state index contributed by atoms with van der Waals surface area (Å²) in [7, 11) is 0. The molecule has 0 fully saturated rings. The Kier molecular flexibility index (Phi) is 4.06. The Morgan fingerprint density at radius 3 is 2.68 bits per heavy atom. The zero-order valence-corrected chi connectivity index (χ0v) is 13.3. The van der Waals surface area contributed by atoms with Crippen LogP contribution in [-0.2, 0) is 12.8 Å². The molecule has 3 rings (SSSR count). The topological polar surface area (TPSA) is 12.0 Å². The van der Waals surface area contributed by atoms with Crippen LogP contribution in [0.4, 0.5) is 0 Å². The van der Waals surface area contributed by atoms with E-state index in [4.69, 9.17) is 0 Å². The first kappa shape index (κ1) is 13.3. The van der Waals surface area contributed by atoms with Gasteiger partial charge in [0.15, 0.2) is 0 Å². The first-order valence-corrected chi connectivity index (χ1v) is 8.82. The smallest absolute Gasteiger partial charge is 0.0765 e. The van der Waals surface area contributed by atoms with Gasteiger partial charge in [-0.25, -0.2) is 0 Å². The van der Waals surface area contributed by atoms with Gasteiger partial charge in [-0.2, -0.15) is 0 Å². The molecule has 0 radical (unpaired) electrons. The molecule has 19 heavy (non-hydrogen) atoms. The predicted molar refractivity (Wildman–Crippen MR) is 85.5 cm³/mol. The highest BCUT2D eigenvalue weighted by molar-refractivity contribution is 7.13. The van der Waals surface area contributed by atoms with Crippen molar-refractivity contribution in [1.82, 2.24) is 5.32 Å². The maximum atomic E-state index is 3.66. The van der Waals surface area contributed by atoms with Crippen LogP contribution in [0.1, 0.15) is 50.9 Å². The van der Waals surface area contributed by atoms with Gasteiger partial charge in [0.25, 0.3) is 0 Å². The second-order valence-electron chi connectivity index (χ2n) is 5.24. The van der Waals surface area contributed by atoms with E-state index in [0.29, 0.717) is 6.04 Å². The molecule has 2 heterocycles. The van der Waals surface area contributed by atoms with Crippen molar-refractivity contribution in [1.29, 1.82) is 0 Å². The SMILES string of the molecule is CCNC(c1ccc(C)s1)c1cc2c(s1)CCCC2. The summed E-state index contributed by atoms with van der Waals surface area (Å²) >= 11 is 3.95. The average Bonchev–Trinajstić information content (AvgIpc) is 3.01. The van der Waals surface area contributed by atoms with Crippen molar-refractivity contribution in [2.24, 2.45) is 0 Å². The van der Waals surface area contributed by atoms with E-state index in [1.807, 2.05) is 22.7 Å². The van der Waals surface area contributed by atoms with Gasteiger partial charge in [-0.3, -0.25) is 0 Å². The minimum atomic E-state index is 0.402. The van der Waals surface area contributed by atoms with Crippen LogP contribution < -0.4 is 5.32 Å². The van der Waals surface area contributed by atoms with Crippen molar-refractivity contribution in [2.75, 3.05) is 6.54 Å². The van der Waals surface area contributed by atoms with Gasteiger partial charge < -0.3 is 5.32 Å². The fourth-order valence-electron chi connectivity index (χ4n) is 2.81. The van der Waals surface area contributed by atoms with Crippen LogP contribution in [0.2, 0.25) is 0 Å². The number of fused-ring (bicyclic) bond motifs is 1. The third-order valence-electron chi connectivity index (χ3n) is 3.75. The van der Waals surface area contributed by atoms with E-state index in [1.165, 1.54) is 40.3 Å². The average molecular weight is 291 g/mol. The standard InChI is InChI=1S/C16H21NS2/c1-3-17-16(14-9-8-11(2)18-14)15-10-12-6-4-5-7-13(12)19-15/h8-10,16-17H,3-7H2,1-2H3.